The summed E-state index contributed by atoms with van der Waals surface area (Å²) in [5, 5.41) is 0.730. The fraction of sp³-hybridized carbons (Fsp3) is 0.300. The number of nitrogen functional groups attached to an aromatic ring is 1. The summed E-state index contributed by atoms with van der Waals surface area (Å²) < 4.78 is 49.6. The summed E-state index contributed by atoms with van der Waals surface area (Å²) in [6.07, 6.45) is -2.00. The molecule has 8 nitrogen and oxygen atoms in total. The minimum absolute atomic E-state index is 0.0233. The van der Waals surface area contributed by atoms with Crippen LogP contribution in [0.1, 0.15) is 38.9 Å². The number of anilines is 1. The molecule has 5 heterocycles. The molecule has 0 saturated heterocycles. The van der Waals surface area contributed by atoms with Crippen LogP contribution in [0.15, 0.2) is 24.5 Å². The summed E-state index contributed by atoms with van der Waals surface area (Å²) >= 11 is 0. The topological polar surface area (TPSA) is 103 Å². The number of rotatable bonds is 2. The lowest BCUT2D eigenvalue weighted by atomic mass is 10.0. The van der Waals surface area contributed by atoms with Gasteiger partial charge >= 0.3 is 6.18 Å². The van der Waals surface area contributed by atoms with E-state index in [0.717, 1.165) is 28.8 Å². The van der Waals surface area contributed by atoms with Gasteiger partial charge in [-0.05, 0) is 11.6 Å². The maximum absolute atomic E-state index is 13.1. The highest BCUT2D eigenvalue weighted by molar-refractivity contribution is 5.97. The van der Waals surface area contributed by atoms with E-state index in [9.17, 15) is 18.0 Å². The van der Waals surface area contributed by atoms with Crippen LogP contribution in [0.5, 0.6) is 5.75 Å². The van der Waals surface area contributed by atoms with Gasteiger partial charge in [-0.1, -0.05) is 0 Å². The van der Waals surface area contributed by atoms with Crippen LogP contribution in [0.3, 0.4) is 0 Å². The Kier molecular flexibility index (Phi) is 4.26. The molecule has 2 aliphatic rings. The van der Waals surface area contributed by atoms with Crippen molar-refractivity contribution >= 4 is 22.6 Å². The van der Waals surface area contributed by atoms with Crippen LogP contribution in [-0.2, 0) is 24.1 Å². The number of nitrogens with zero attached hydrogens (tertiary/aromatic N) is 4. The third kappa shape index (κ3) is 3.12. The van der Waals surface area contributed by atoms with E-state index >= 15 is 0 Å². The Morgan fingerprint density at radius 2 is 1.97 bits per heavy atom. The number of hydrogen-bond donors (Lipinski definition) is 1. The first-order valence-electron chi connectivity index (χ1n) is 9.36. The Balaban J connectivity index is 1.47. The number of likely N-dealkylation sites (N-methyl/N-ethyl adjacent to an activating group) is 1. The molecule has 0 fully saturated rings. The quantitative estimate of drug-likeness (QED) is 0.666. The number of nitrogens with two attached hydrogens (primary N) is 1. The van der Waals surface area contributed by atoms with Gasteiger partial charge in [0, 0.05) is 35.8 Å². The van der Waals surface area contributed by atoms with E-state index in [1.807, 2.05) is 0 Å². The van der Waals surface area contributed by atoms with Crippen LogP contribution in [0.4, 0.5) is 19.0 Å². The number of alkyl halides is 3. The molecule has 0 saturated carbocycles. The van der Waals surface area contributed by atoms with E-state index in [1.54, 1.807) is 13.1 Å². The minimum atomic E-state index is -4.57. The summed E-state index contributed by atoms with van der Waals surface area (Å²) in [6, 6.07) is 1.89. The van der Waals surface area contributed by atoms with Crippen molar-refractivity contribution in [1.82, 2.24) is 19.9 Å². The van der Waals surface area contributed by atoms with Gasteiger partial charge in [0.05, 0.1) is 31.0 Å². The maximum atomic E-state index is 13.1. The second-order valence-corrected chi connectivity index (χ2v) is 7.38. The van der Waals surface area contributed by atoms with Crippen molar-refractivity contribution < 1.29 is 27.4 Å². The molecule has 2 aliphatic heterocycles. The van der Waals surface area contributed by atoms with Crippen molar-refractivity contribution in [3.63, 3.8) is 0 Å². The Bertz CT molecular complexity index is 1230. The lowest BCUT2D eigenvalue weighted by Crippen LogP contribution is -2.32. The molecule has 0 bridgehead atoms. The summed E-state index contributed by atoms with van der Waals surface area (Å²) in [4.78, 5) is 26.5. The second kappa shape index (κ2) is 6.77. The van der Waals surface area contributed by atoms with Crippen LogP contribution >= 0.6 is 0 Å². The molecule has 5 rings (SSSR count). The molecule has 31 heavy (non-hydrogen) atoms. The van der Waals surface area contributed by atoms with Gasteiger partial charge in [-0.15, -0.1) is 0 Å². The standard InChI is InChI=1S/C20H16F3N5O3/c1-28(15-8-31-16-3-17(20(21,22)23)26-4-10(15)16)19(29)13-2-9-11-6-30-7-12(11)18(24)27-14(9)5-25-13/h2-5,15H,6-8H2,1H3,(H2,24,27)/t15-/m1/s1. The zero-order valence-corrected chi connectivity index (χ0v) is 16.2. The lowest BCUT2D eigenvalue weighted by molar-refractivity contribution is -0.141. The fourth-order valence-corrected chi connectivity index (χ4v) is 3.87. The van der Waals surface area contributed by atoms with Crippen LogP contribution < -0.4 is 10.5 Å². The van der Waals surface area contributed by atoms with Crippen molar-refractivity contribution in [2.45, 2.75) is 25.4 Å². The van der Waals surface area contributed by atoms with Crippen molar-refractivity contribution in [2.24, 2.45) is 0 Å². The van der Waals surface area contributed by atoms with Crippen molar-refractivity contribution in [1.29, 1.82) is 0 Å². The number of hydrogen-bond acceptors (Lipinski definition) is 7. The highest BCUT2D eigenvalue weighted by atomic mass is 19.4. The van der Waals surface area contributed by atoms with E-state index in [4.69, 9.17) is 15.2 Å². The number of fused-ring (bicyclic) bond motifs is 4. The van der Waals surface area contributed by atoms with E-state index < -0.39 is 23.8 Å². The normalized spacial score (nSPS) is 17.4. The molecule has 3 aromatic heterocycles. The van der Waals surface area contributed by atoms with E-state index in [-0.39, 0.29) is 18.1 Å². The number of carbonyl (C=O) groups excluding carboxylic acids is 1. The van der Waals surface area contributed by atoms with E-state index in [0.29, 0.717) is 30.1 Å². The molecule has 0 spiro atoms. The van der Waals surface area contributed by atoms with Crippen LogP contribution in [-0.4, -0.2) is 39.4 Å². The zero-order valence-electron chi connectivity index (χ0n) is 16.2. The van der Waals surface area contributed by atoms with Crippen LogP contribution in [0.25, 0.3) is 10.9 Å². The number of aromatic nitrogens is 3. The molecule has 0 unspecified atom stereocenters. The Labute approximate surface area is 173 Å². The first kappa shape index (κ1) is 19.5. The maximum Gasteiger partial charge on any atom is 0.433 e. The number of carbonyl (C=O) groups is 1. The molecule has 1 atom stereocenters. The summed E-state index contributed by atoms with van der Waals surface area (Å²) in [6.45, 7) is 0.747. The van der Waals surface area contributed by atoms with Gasteiger partial charge in [0.1, 0.15) is 29.6 Å². The van der Waals surface area contributed by atoms with Gasteiger partial charge < -0.3 is 20.1 Å². The van der Waals surface area contributed by atoms with Gasteiger partial charge in [0.25, 0.3) is 5.91 Å². The average molecular weight is 431 g/mol. The number of ether oxygens (including phenoxy) is 2. The van der Waals surface area contributed by atoms with E-state index in [1.165, 1.54) is 11.1 Å². The predicted octanol–water partition coefficient (Wildman–Crippen LogP) is 2.86. The minimum Gasteiger partial charge on any atom is -0.491 e. The third-order valence-electron chi connectivity index (χ3n) is 5.56. The molecular weight excluding hydrogens is 415 g/mol. The van der Waals surface area contributed by atoms with Gasteiger partial charge in [-0.2, -0.15) is 13.2 Å². The molecular formula is C20H16F3N5O3. The molecule has 11 heteroatoms. The summed E-state index contributed by atoms with van der Waals surface area (Å²) in [7, 11) is 1.55. The smallest absolute Gasteiger partial charge is 0.433 e. The number of halogens is 3. The largest absolute Gasteiger partial charge is 0.491 e. The van der Waals surface area contributed by atoms with Crippen molar-refractivity contribution in [3.8, 4) is 5.75 Å². The molecule has 2 N–H and O–H groups in total. The van der Waals surface area contributed by atoms with Gasteiger partial charge in [0.15, 0.2) is 0 Å². The van der Waals surface area contributed by atoms with Gasteiger partial charge in [0.2, 0.25) is 0 Å². The van der Waals surface area contributed by atoms with Crippen molar-refractivity contribution in [3.05, 3.63) is 52.6 Å². The van der Waals surface area contributed by atoms with Gasteiger partial charge in [-0.3, -0.25) is 9.78 Å². The van der Waals surface area contributed by atoms with Gasteiger partial charge in [-0.25, -0.2) is 9.97 Å². The van der Waals surface area contributed by atoms with Crippen molar-refractivity contribution in [2.75, 3.05) is 19.4 Å². The third-order valence-corrected chi connectivity index (χ3v) is 5.56. The number of amides is 1. The molecule has 3 aromatic rings. The summed E-state index contributed by atoms with van der Waals surface area (Å²) in [5.41, 5.74) is 7.74. The first-order chi connectivity index (χ1) is 14.7. The van der Waals surface area contributed by atoms with Crippen LogP contribution in [0.2, 0.25) is 0 Å². The zero-order chi connectivity index (χ0) is 21.9. The van der Waals surface area contributed by atoms with E-state index in [2.05, 4.69) is 15.0 Å². The SMILES string of the molecule is CN(C(=O)c1cc2c3c(c(N)nc2cn1)COC3)[C@@H]1COc2cc(C(F)(F)F)ncc21. The Morgan fingerprint density at radius 1 is 1.19 bits per heavy atom. The molecule has 0 aromatic carbocycles. The average Bonchev–Trinajstić information content (AvgIpc) is 3.39. The Hall–Kier alpha value is -3.47. The highest BCUT2D eigenvalue weighted by Gasteiger charge is 2.37. The molecule has 160 valence electrons. The number of pyridine rings is 3. The lowest BCUT2D eigenvalue weighted by Gasteiger charge is -2.23. The first-order valence-corrected chi connectivity index (χ1v) is 9.36. The molecule has 1 amide bonds. The van der Waals surface area contributed by atoms with Crippen LogP contribution in [0, 0.1) is 0 Å². The fourth-order valence-electron chi connectivity index (χ4n) is 3.87. The predicted molar refractivity (Wildman–Crippen MR) is 102 cm³/mol. The summed E-state index contributed by atoms with van der Waals surface area (Å²) in [5.74, 6) is 0.0317. The highest BCUT2D eigenvalue weighted by Crippen LogP contribution is 2.39. The molecule has 0 aliphatic carbocycles. The second-order valence-electron chi connectivity index (χ2n) is 7.38. The Morgan fingerprint density at radius 3 is 2.74 bits per heavy atom. The molecule has 0 radical (unpaired) electrons. The monoisotopic (exact) mass is 431 g/mol.